The standard InChI is InChI=1S/C29H51NO11/c1-3-4-9-30-28-7-5-27(6-8-28)29(31)41-26-40-25-24-39-23-22-38-21-20-37-19-18-36-17-16-35-15-14-34-13-12-33-11-10-32-2/h5-8,30H,3-4,9-26H2,1-2H3. The van der Waals surface area contributed by atoms with E-state index in [1.54, 1.807) is 19.2 Å². The van der Waals surface area contributed by atoms with Gasteiger partial charge < -0.3 is 52.7 Å². The van der Waals surface area contributed by atoms with E-state index in [0.29, 0.717) is 111 Å². The molecule has 0 unspecified atom stereocenters. The Morgan fingerprint density at radius 2 is 0.976 bits per heavy atom. The van der Waals surface area contributed by atoms with Crippen LogP contribution in [-0.2, 0) is 47.4 Å². The first kappa shape index (κ1) is 37.2. The Morgan fingerprint density at radius 3 is 1.37 bits per heavy atom. The van der Waals surface area contributed by atoms with Crippen molar-refractivity contribution in [3.8, 4) is 0 Å². The number of methoxy groups -OCH3 is 1. The fourth-order valence-corrected chi connectivity index (χ4v) is 3.05. The van der Waals surface area contributed by atoms with Gasteiger partial charge in [0, 0.05) is 19.3 Å². The van der Waals surface area contributed by atoms with E-state index in [1.165, 1.54) is 0 Å². The van der Waals surface area contributed by atoms with Gasteiger partial charge in [0.1, 0.15) is 0 Å². The van der Waals surface area contributed by atoms with E-state index in [9.17, 15) is 4.79 Å². The van der Waals surface area contributed by atoms with Crippen molar-refractivity contribution in [2.45, 2.75) is 19.8 Å². The Morgan fingerprint density at radius 1 is 0.585 bits per heavy atom. The summed E-state index contributed by atoms with van der Waals surface area (Å²) in [5.74, 6) is -0.420. The first-order chi connectivity index (χ1) is 20.3. The molecule has 0 fully saturated rings. The quantitative estimate of drug-likeness (QED) is 0.0779. The number of carbonyl (C=O) groups excluding carboxylic acids is 1. The summed E-state index contributed by atoms with van der Waals surface area (Å²) in [6, 6.07) is 7.21. The molecule has 1 aromatic carbocycles. The molecule has 0 aliphatic heterocycles. The molecular formula is C29H51NO11. The third-order valence-electron chi connectivity index (χ3n) is 5.29. The van der Waals surface area contributed by atoms with E-state index in [2.05, 4.69) is 12.2 Å². The third kappa shape index (κ3) is 24.4. The monoisotopic (exact) mass is 589 g/mol. The van der Waals surface area contributed by atoms with Gasteiger partial charge in [-0.15, -0.1) is 0 Å². The topological polar surface area (TPSA) is 121 Å². The van der Waals surface area contributed by atoms with Crippen LogP contribution in [0.5, 0.6) is 0 Å². The van der Waals surface area contributed by atoms with Crippen molar-refractivity contribution in [2.24, 2.45) is 0 Å². The summed E-state index contributed by atoms with van der Waals surface area (Å²) in [7, 11) is 1.64. The molecule has 41 heavy (non-hydrogen) atoms. The van der Waals surface area contributed by atoms with Gasteiger partial charge in [0.15, 0.2) is 6.79 Å². The van der Waals surface area contributed by atoms with E-state index in [0.717, 1.165) is 25.1 Å². The van der Waals surface area contributed by atoms with Gasteiger partial charge in [0.2, 0.25) is 0 Å². The molecule has 12 heteroatoms. The zero-order valence-corrected chi connectivity index (χ0v) is 24.9. The summed E-state index contributed by atoms with van der Waals surface area (Å²) in [5.41, 5.74) is 1.47. The lowest BCUT2D eigenvalue weighted by atomic mass is 10.2. The molecule has 0 aromatic heterocycles. The Hall–Kier alpha value is -1.87. The molecular weight excluding hydrogens is 538 g/mol. The lowest BCUT2D eigenvalue weighted by Gasteiger charge is -2.09. The van der Waals surface area contributed by atoms with E-state index >= 15 is 0 Å². The number of esters is 1. The number of benzene rings is 1. The van der Waals surface area contributed by atoms with Gasteiger partial charge in [-0.1, -0.05) is 13.3 Å². The number of carbonyl (C=O) groups is 1. The number of hydrogen-bond donors (Lipinski definition) is 1. The van der Waals surface area contributed by atoms with Crippen LogP contribution >= 0.6 is 0 Å². The van der Waals surface area contributed by atoms with E-state index < -0.39 is 5.97 Å². The predicted octanol–water partition coefficient (Wildman–Crippen LogP) is 2.79. The second kappa shape index (κ2) is 29.6. The maximum absolute atomic E-state index is 12.1. The number of nitrogens with one attached hydrogen (secondary N) is 1. The Kier molecular flexibility index (Phi) is 26.8. The predicted molar refractivity (Wildman–Crippen MR) is 154 cm³/mol. The highest BCUT2D eigenvalue weighted by Gasteiger charge is 2.06. The number of anilines is 1. The normalized spacial score (nSPS) is 11.2. The van der Waals surface area contributed by atoms with Crippen molar-refractivity contribution in [1.82, 2.24) is 0 Å². The van der Waals surface area contributed by atoms with Crippen LogP contribution in [-0.4, -0.2) is 132 Å². The molecule has 0 saturated heterocycles. The highest BCUT2D eigenvalue weighted by molar-refractivity contribution is 5.89. The summed E-state index contributed by atoms with van der Waals surface area (Å²) < 4.78 is 53.2. The van der Waals surface area contributed by atoms with Crippen LogP contribution in [0.1, 0.15) is 30.1 Å². The molecule has 0 aliphatic rings. The highest BCUT2D eigenvalue weighted by Crippen LogP contribution is 2.10. The zero-order valence-electron chi connectivity index (χ0n) is 24.9. The number of ether oxygens (including phenoxy) is 10. The van der Waals surface area contributed by atoms with Gasteiger partial charge in [-0.2, -0.15) is 0 Å². The average molecular weight is 590 g/mol. The van der Waals surface area contributed by atoms with Gasteiger partial charge in [-0.05, 0) is 30.7 Å². The van der Waals surface area contributed by atoms with Gasteiger partial charge in [-0.3, -0.25) is 0 Å². The molecule has 0 saturated carbocycles. The lowest BCUT2D eigenvalue weighted by Crippen LogP contribution is -2.15. The van der Waals surface area contributed by atoms with E-state index in [-0.39, 0.29) is 6.79 Å². The van der Waals surface area contributed by atoms with Crippen LogP contribution in [0, 0.1) is 0 Å². The minimum Gasteiger partial charge on any atom is -0.435 e. The molecule has 0 spiro atoms. The molecule has 1 rings (SSSR count). The fourth-order valence-electron chi connectivity index (χ4n) is 3.05. The average Bonchev–Trinajstić information content (AvgIpc) is 2.99. The number of rotatable bonds is 31. The summed E-state index contributed by atoms with van der Waals surface area (Å²) >= 11 is 0. The van der Waals surface area contributed by atoms with Crippen molar-refractivity contribution in [3.05, 3.63) is 29.8 Å². The molecule has 0 heterocycles. The summed E-state index contributed by atoms with van der Waals surface area (Å²) in [5, 5.41) is 3.31. The van der Waals surface area contributed by atoms with Crippen molar-refractivity contribution in [2.75, 3.05) is 131 Å². The molecule has 1 N–H and O–H groups in total. The molecule has 0 aliphatic carbocycles. The van der Waals surface area contributed by atoms with Crippen LogP contribution in [0.2, 0.25) is 0 Å². The van der Waals surface area contributed by atoms with Crippen molar-refractivity contribution in [3.63, 3.8) is 0 Å². The molecule has 0 atom stereocenters. The largest absolute Gasteiger partial charge is 0.435 e. The second-order valence-corrected chi connectivity index (χ2v) is 8.59. The molecule has 0 bridgehead atoms. The zero-order chi connectivity index (χ0) is 29.5. The SMILES string of the molecule is CCCCNc1ccc(C(=O)OCOCCOCCOCCOCCOCCOCCOCCOCCOC)cc1. The maximum Gasteiger partial charge on any atom is 0.340 e. The molecule has 0 radical (unpaired) electrons. The highest BCUT2D eigenvalue weighted by atomic mass is 16.7. The Bertz CT molecular complexity index is 694. The van der Waals surface area contributed by atoms with Gasteiger partial charge in [0.25, 0.3) is 0 Å². The first-order valence-corrected chi connectivity index (χ1v) is 14.4. The summed E-state index contributed by atoms with van der Waals surface area (Å²) in [6.45, 7) is 10.8. The van der Waals surface area contributed by atoms with Gasteiger partial charge >= 0.3 is 5.97 Å². The second-order valence-electron chi connectivity index (χ2n) is 8.59. The van der Waals surface area contributed by atoms with Crippen LogP contribution in [0.4, 0.5) is 5.69 Å². The van der Waals surface area contributed by atoms with Crippen LogP contribution in [0.3, 0.4) is 0 Å². The van der Waals surface area contributed by atoms with Crippen molar-refractivity contribution in [1.29, 1.82) is 0 Å². The van der Waals surface area contributed by atoms with Gasteiger partial charge in [-0.25, -0.2) is 4.79 Å². The Labute approximate surface area is 245 Å². The number of hydrogen-bond acceptors (Lipinski definition) is 12. The van der Waals surface area contributed by atoms with E-state index in [1.807, 2.05) is 12.1 Å². The fraction of sp³-hybridized carbons (Fsp3) is 0.759. The third-order valence-corrected chi connectivity index (χ3v) is 5.29. The van der Waals surface area contributed by atoms with E-state index in [4.69, 9.17) is 47.4 Å². The van der Waals surface area contributed by atoms with Crippen molar-refractivity contribution >= 4 is 11.7 Å². The van der Waals surface area contributed by atoms with Crippen molar-refractivity contribution < 1.29 is 52.2 Å². The summed E-state index contributed by atoms with van der Waals surface area (Å²) in [6.07, 6.45) is 2.24. The van der Waals surface area contributed by atoms with Crippen LogP contribution in [0.15, 0.2) is 24.3 Å². The smallest absolute Gasteiger partial charge is 0.340 e. The summed E-state index contributed by atoms with van der Waals surface area (Å²) in [4.78, 5) is 12.1. The molecule has 238 valence electrons. The molecule has 0 amide bonds. The lowest BCUT2D eigenvalue weighted by molar-refractivity contribution is -0.0541. The minimum atomic E-state index is -0.420. The van der Waals surface area contributed by atoms with Crippen LogP contribution < -0.4 is 5.32 Å². The Balaban J connectivity index is 1.75. The van der Waals surface area contributed by atoms with Gasteiger partial charge in [0.05, 0.1) is 111 Å². The first-order valence-electron chi connectivity index (χ1n) is 14.4. The maximum atomic E-state index is 12.1. The molecule has 12 nitrogen and oxygen atoms in total. The molecule has 1 aromatic rings. The van der Waals surface area contributed by atoms with Crippen LogP contribution in [0.25, 0.3) is 0 Å². The minimum absolute atomic E-state index is 0.120. The number of unbranched alkanes of at least 4 members (excludes halogenated alkanes) is 1.